The van der Waals surface area contributed by atoms with Gasteiger partial charge in [-0.25, -0.2) is 12.8 Å². The van der Waals surface area contributed by atoms with Gasteiger partial charge < -0.3 is 0 Å². The van der Waals surface area contributed by atoms with E-state index in [1.807, 2.05) is 6.92 Å². The van der Waals surface area contributed by atoms with Crippen LogP contribution in [0.3, 0.4) is 0 Å². The number of aryl methyl sites for hydroxylation is 1. The molecule has 0 aromatic heterocycles. The van der Waals surface area contributed by atoms with Gasteiger partial charge in [0.15, 0.2) is 0 Å². The van der Waals surface area contributed by atoms with Gasteiger partial charge in [0.1, 0.15) is 5.82 Å². The van der Waals surface area contributed by atoms with Crippen molar-refractivity contribution in [1.29, 1.82) is 0 Å². The normalized spacial score (nSPS) is 20.0. The zero-order valence-corrected chi connectivity index (χ0v) is 13.2. The smallest absolute Gasteiger partial charge is 0.207 e. The third-order valence-electron chi connectivity index (χ3n) is 3.92. The molecule has 20 heavy (non-hydrogen) atoms. The second-order valence-corrected chi connectivity index (χ2v) is 7.92. The fourth-order valence-electron chi connectivity index (χ4n) is 2.57. The van der Waals surface area contributed by atoms with Crippen molar-refractivity contribution in [1.82, 2.24) is 4.31 Å². The van der Waals surface area contributed by atoms with Gasteiger partial charge in [-0.05, 0) is 50.3 Å². The van der Waals surface area contributed by atoms with Crippen LogP contribution in [0.4, 0.5) is 4.39 Å². The quantitative estimate of drug-likeness (QED) is 0.803. The summed E-state index contributed by atoms with van der Waals surface area (Å²) in [5, 5.41) is 0.0516. The molecule has 2 rings (SSSR count). The van der Waals surface area contributed by atoms with Gasteiger partial charge in [-0.3, -0.25) is 0 Å². The summed E-state index contributed by atoms with van der Waals surface area (Å²) in [6.45, 7) is 4.51. The van der Waals surface area contributed by atoms with E-state index in [4.69, 9.17) is 11.6 Å². The first kappa shape index (κ1) is 15.7. The number of sulfonamides is 1. The molecule has 0 radical (unpaired) electrons. The van der Waals surface area contributed by atoms with Gasteiger partial charge in [0, 0.05) is 18.5 Å². The van der Waals surface area contributed by atoms with E-state index in [0.29, 0.717) is 24.6 Å². The maximum absolute atomic E-state index is 13.3. The van der Waals surface area contributed by atoms with Crippen LogP contribution in [0.15, 0.2) is 23.1 Å². The molecule has 0 amide bonds. The SMILES string of the molecule is Cc1ccc(F)cc1S(=O)(=O)N1CCC(C(C)Cl)CC1. The average Bonchev–Trinajstić information content (AvgIpc) is 2.41. The molecule has 1 heterocycles. The summed E-state index contributed by atoms with van der Waals surface area (Å²) in [5.74, 6) is -0.185. The monoisotopic (exact) mass is 319 g/mol. The van der Waals surface area contributed by atoms with Crippen LogP contribution in [0.25, 0.3) is 0 Å². The number of halogens is 2. The molecule has 1 aromatic carbocycles. The molecule has 1 saturated heterocycles. The number of piperidine rings is 1. The van der Waals surface area contributed by atoms with Crippen molar-refractivity contribution >= 4 is 21.6 Å². The predicted octanol–water partition coefficient (Wildman–Crippen LogP) is 3.16. The minimum absolute atomic E-state index is 0.0516. The molecule has 1 aliphatic rings. The zero-order valence-electron chi connectivity index (χ0n) is 11.6. The number of rotatable bonds is 3. The van der Waals surface area contributed by atoms with Crippen LogP contribution in [0.2, 0.25) is 0 Å². The molecule has 0 saturated carbocycles. The highest BCUT2D eigenvalue weighted by Crippen LogP contribution is 2.28. The highest BCUT2D eigenvalue weighted by atomic mass is 35.5. The third kappa shape index (κ3) is 3.15. The number of hydrogen-bond acceptors (Lipinski definition) is 2. The topological polar surface area (TPSA) is 37.4 Å². The molecular formula is C14H19ClFNO2S. The summed E-state index contributed by atoms with van der Waals surface area (Å²) in [6.07, 6.45) is 1.50. The molecule has 0 N–H and O–H groups in total. The Balaban J connectivity index is 2.22. The van der Waals surface area contributed by atoms with Gasteiger partial charge in [0.2, 0.25) is 10.0 Å². The highest BCUT2D eigenvalue weighted by Gasteiger charge is 2.31. The summed E-state index contributed by atoms with van der Waals surface area (Å²) in [6, 6.07) is 3.87. The van der Waals surface area contributed by atoms with Gasteiger partial charge >= 0.3 is 0 Å². The van der Waals surface area contributed by atoms with E-state index in [0.717, 1.165) is 18.9 Å². The van der Waals surface area contributed by atoms with Crippen LogP contribution in [0.1, 0.15) is 25.3 Å². The Kier molecular flexibility index (Phi) is 4.72. The van der Waals surface area contributed by atoms with E-state index in [9.17, 15) is 12.8 Å². The van der Waals surface area contributed by atoms with Crippen LogP contribution in [0, 0.1) is 18.7 Å². The summed E-state index contributed by atoms with van der Waals surface area (Å²) in [5.41, 5.74) is 0.569. The van der Waals surface area contributed by atoms with E-state index in [2.05, 4.69) is 0 Å². The van der Waals surface area contributed by atoms with Crippen molar-refractivity contribution in [3.05, 3.63) is 29.6 Å². The first-order valence-corrected chi connectivity index (χ1v) is 8.60. The molecule has 0 bridgehead atoms. The second kappa shape index (κ2) is 6.00. The van der Waals surface area contributed by atoms with Crippen molar-refractivity contribution in [2.45, 2.75) is 37.0 Å². The number of hydrogen-bond donors (Lipinski definition) is 0. The van der Waals surface area contributed by atoms with Gasteiger partial charge in [-0.1, -0.05) is 6.07 Å². The van der Waals surface area contributed by atoms with Gasteiger partial charge in [-0.2, -0.15) is 4.31 Å². The summed E-state index contributed by atoms with van der Waals surface area (Å²) in [4.78, 5) is 0.0647. The maximum Gasteiger partial charge on any atom is 0.243 e. The average molecular weight is 320 g/mol. The Morgan fingerprint density at radius 2 is 1.95 bits per heavy atom. The maximum atomic E-state index is 13.3. The number of benzene rings is 1. The zero-order chi connectivity index (χ0) is 14.9. The number of alkyl halides is 1. The highest BCUT2D eigenvalue weighted by molar-refractivity contribution is 7.89. The van der Waals surface area contributed by atoms with Gasteiger partial charge in [0.05, 0.1) is 4.90 Å². The lowest BCUT2D eigenvalue weighted by Gasteiger charge is -2.32. The Hall–Kier alpha value is -0.650. The van der Waals surface area contributed by atoms with Gasteiger partial charge in [-0.15, -0.1) is 11.6 Å². The minimum atomic E-state index is -3.61. The van der Waals surface area contributed by atoms with Crippen molar-refractivity contribution < 1.29 is 12.8 Å². The van der Waals surface area contributed by atoms with Crippen LogP contribution in [0.5, 0.6) is 0 Å². The van der Waals surface area contributed by atoms with Crippen molar-refractivity contribution in [3.63, 3.8) is 0 Å². The van der Waals surface area contributed by atoms with Crippen LogP contribution in [-0.4, -0.2) is 31.2 Å². The summed E-state index contributed by atoms with van der Waals surface area (Å²) >= 11 is 6.06. The molecule has 1 fully saturated rings. The first-order chi connectivity index (χ1) is 9.32. The Morgan fingerprint density at radius 1 is 1.35 bits per heavy atom. The molecular weight excluding hydrogens is 301 g/mol. The lowest BCUT2D eigenvalue weighted by Crippen LogP contribution is -2.40. The molecule has 1 atom stereocenters. The second-order valence-electron chi connectivity index (χ2n) is 5.33. The number of nitrogens with zero attached hydrogens (tertiary/aromatic N) is 1. The first-order valence-electron chi connectivity index (χ1n) is 6.72. The molecule has 0 aliphatic carbocycles. The van der Waals surface area contributed by atoms with E-state index in [1.165, 1.54) is 16.4 Å². The fourth-order valence-corrected chi connectivity index (χ4v) is 4.52. The Labute approximate surface area is 124 Å². The van der Waals surface area contributed by atoms with Crippen molar-refractivity contribution in [3.8, 4) is 0 Å². The standard InChI is InChI=1S/C14H19ClFNO2S/c1-10-3-4-13(16)9-14(10)20(18,19)17-7-5-12(6-8-17)11(2)15/h3-4,9,11-12H,5-8H2,1-2H3. The molecule has 1 aliphatic heterocycles. The van der Waals surface area contributed by atoms with E-state index in [-0.39, 0.29) is 10.3 Å². The molecule has 3 nitrogen and oxygen atoms in total. The van der Waals surface area contributed by atoms with Crippen molar-refractivity contribution in [2.75, 3.05) is 13.1 Å². The lowest BCUT2D eigenvalue weighted by molar-refractivity contribution is 0.271. The molecule has 0 spiro atoms. The van der Waals surface area contributed by atoms with Crippen LogP contribution < -0.4 is 0 Å². The minimum Gasteiger partial charge on any atom is -0.207 e. The summed E-state index contributed by atoms with van der Waals surface area (Å²) < 4.78 is 39.9. The Morgan fingerprint density at radius 3 is 2.50 bits per heavy atom. The van der Waals surface area contributed by atoms with E-state index >= 15 is 0 Å². The Bertz CT molecular complexity index is 581. The fraction of sp³-hybridized carbons (Fsp3) is 0.571. The molecule has 6 heteroatoms. The van der Waals surface area contributed by atoms with Crippen molar-refractivity contribution in [2.24, 2.45) is 5.92 Å². The largest absolute Gasteiger partial charge is 0.243 e. The molecule has 1 unspecified atom stereocenters. The van der Waals surface area contributed by atoms with Crippen LogP contribution >= 0.6 is 11.6 Å². The predicted molar refractivity (Wildman–Crippen MR) is 77.9 cm³/mol. The van der Waals surface area contributed by atoms with Crippen LogP contribution in [-0.2, 0) is 10.0 Å². The lowest BCUT2D eigenvalue weighted by atomic mass is 9.95. The molecule has 1 aromatic rings. The van der Waals surface area contributed by atoms with E-state index < -0.39 is 15.8 Å². The third-order valence-corrected chi connectivity index (χ3v) is 6.31. The van der Waals surface area contributed by atoms with Gasteiger partial charge in [0.25, 0.3) is 0 Å². The summed E-state index contributed by atoms with van der Waals surface area (Å²) in [7, 11) is -3.61. The van der Waals surface area contributed by atoms with E-state index in [1.54, 1.807) is 6.92 Å². The molecule has 112 valence electrons.